The van der Waals surface area contributed by atoms with Crippen LogP contribution >= 0.6 is 31.9 Å². The third-order valence-electron chi connectivity index (χ3n) is 2.96. The molecule has 20 heavy (non-hydrogen) atoms. The summed E-state index contributed by atoms with van der Waals surface area (Å²) in [6.45, 7) is 3.87. The topological polar surface area (TPSA) is 55.1 Å². The zero-order valence-corrected chi connectivity index (χ0v) is 14.3. The van der Waals surface area contributed by atoms with Gasteiger partial charge in [0.1, 0.15) is 0 Å². The van der Waals surface area contributed by atoms with Gasteiger partial charge in [0.25, 0.3) is 5.91 Å². The van der Waals surface area contributed by atoms with Crippen molar-refractivity contribution in [3.8, 4) is 0 Å². The summed E-state index contributed by atoms with van der Waals surface area (Å²) < 4.78 is 1.59. The lowest BCUT2D eigenvalue weighted by Gasteiger charge is -2.12. The van der Waals surface area contributed by atoms with Crippen LogP contribution in [0.25, 0.3) is 0 Å². The molecule has 0 spiro atoms. The number of aryl methyl sites for hydroxylation is 2. The van der Waals surface area contributed by atoms with Crippen LogP contribution in [-0.4, -0.2) is 5.91 Å². The molecule has 0 aliphatic carbocycles. The van der Waals surface area contributed by atoms with Gasteiger partial charge in [-0.2, -0.15) is 0 Å². The van der Waals surface area contributed by atoms with Gasteiger partial charge in [0.2, 0.25) is 0 Å². The number of rotatable bonds is 2. The first-order chi connectivity index (χ1) is 9.38. The van der Waals surface area contributed by atoms with Crippen molar-refractivity contribution in [2.75, 3.05) is 11.1 Å². The molecule has 5 heteroatoms. The van der Waals surface area contributed by atoms with Crippen LogP contribution < -0.4 is 11.1 Å². The number of amides is 1. The molecule has 3 nitrogen and oxygen atoms in total. The number of anilines is 2. The van der Waals surface area contributed by atoms with Gasteiger partial charge in [-0.05, 0) is 53.5 Å². The Morgan fingerprint density at radius 1 is 1.15 bits per heavy atom. The van der Waals surface area contributed by atoms with Crippen LogP contribution in [-0.2, 0) is 0 Å². The maximum atomic E-state index is 12.4. The number of hydrogen-bond acceptors (Lipinski definition) is 2. The van der Waals surface area contributed by atoms with Crippen LogP contribution in [0.3, 0.4) is 0 Å². The van der Waals surface area contributed by atoms with Gasteiger partial charge in [-0.15, -0.1) is 0 Å². The standard InChI is InChI=1S/C15H14Br2N2O/c1-8-3-4-9(2)11(5-8)15(20)19-14-12(17)6-10(16)7-13(14)18/h3-7H,18H2,1-2H3,(H,19,20). The van der Waals surface area contributed by atoms with E-state index < -0.39 is 0 Å². The Balaban J connectivity index is 2.35. The summed E-state index contributed by atoms with van der Waals surface area (Å²) in [7, 11) is 0. The molecule has 0 aliphatic heterocycles. The lowest BCUT2D eigenvalue weighted by Crippen LogP contribution is -2.15. The quantitative estimate of drug-likeness (QED) is 0.723. The van der Waals surface area contributed by atoms with Crippen LogP contribution in [0.1, 0.15) is 21.5 Å². The van der Waals surface area contributed by atoms with Gasteiger partial charge < -0.3 is 11.1 Å². The molecule has 2 rings (SSSR count). The summed E-state index contributed by atoms with van der Waals surface area (Å²) in [6.07, 6.45) is 0. The van der Waals surface area contributed by atoms with E-state index in [0.717, 1.165) is 20.1 Å². The Hall–Kier alpha value is -1.33. The highest BCUT2D eigenvalue weighted by Crippen LogP contribution is 2.33. The van der Waals surface area contributed by atoms with Crippen molar-refractivity contribution in [2.45, 2.75) is 13.8 Å². The van der Waals surface area contributed by atoms with E-state index in [1.807, 2.05) is 38.1 Å². The number of hydrogen-bond donors (Lipinski definition) is 2. The van der Waals surface area contributed by atoms with E-state index >= 15 is 0 Å². The summed E-state index contributed by atoms with van der Waals surface area (Å²) in [4.78, 5) is 12.4. The van der Waals surface area contributed by atoms with Crippen molar-refractivity contribution in [3.05, 3.63) is 56.0 Å². The summed E-state index contributed by atoms with van der Waals surface area (Å²) in [5, 5.41) is 2.86. The number of carbonyl (C=O) groups is 1. The molecule has 2 aromatic rings. The minimum absolute atomic E-state index is 0.166. The monoisotopic (exact) mass is 396 g/mol. The normalized spacial score (nSPS) is 10.4. The van der Waals surface area contributed by atoms with E-state index in [1.54, 1.807) is 6.07 Å². The molecule has 0 saturated carbocycles. The molecule has 2 aromatic carbocycles. The van der Waals surface area contributed by atoms with Gasteiger partial charge in [-0.3, -0.25) is 4.79 Å². The van der Waals surface area contributed by atoms with Crippen molar-refractivity contribution >= 4 is 49.1 Å². The minimum Gasteiger partial charge on any atom is -0.397 e. The fraction of sp³-hybridized carbons (Fsp3) is 0.133. The summed E-state index contributed by atoms with van der Waals surface area (Å²) in [6, 6.07) is 9.38. The smallest absolute Gasteiger partial charge is 0.256 e. The number of halogens is 2. The molecule has 104 valence electrons. The van der Waals surface area contributed by atoms with Crippen molar-refractivity contribution in [2.24, 2.45) is 0 Å². The molecule has 0 unspecified atom stereocenters. The van der Waals surface area contributed by atoms with Crippen LogP contribution in [0.4, 0.5) is 11.4 Å². The highest BCUT2D eigenvalue weighted by atomic mass is 79.9. The number of nitrogen functional groups attached to an aromatic ring is 1. The SMILES string of the molecule is Cc1ccc(C)c(C(=O)Nc2c(N)cc(Br)cc2Br)c1. The molecule has 0 fully saturated rings. The van der Waals surface area contributed by atoms with Crippen LogP contribution in [0.5, 0.6) is 0 Å². The fourth-order valence-electron chi connectivity index (χ4n) is 1.89. The van der Waals surface area contributed by atoms with Crippen molar-refractivity contribution in [3.63, 3.8) is 0 Å². The molecule has 0 atom stereocenters. The average Bonchev–Trinajstić information content (AvgIpc) is 2.36. The zero-order chi connectivity index (χ0) is 14.9. The number of nitrogens with one attached hydrogen (secondary N) is 1. The van der Waals surface area contributed by atoms with Crippen LogP contribution in [0, 0.1) is 13.8 Å². The Morgan fingerprint density at radius 2 is 1.85 bits per heavy atom. The molecular weight excluding hydrogens is 384 g/mol. The second-order valence-electron chi connectivity index (χ2n) is 4.62. The van der Waals surface area contributed by atoms with Crippen molar-refractivity contribution in [1.29, 1.82) is 0 Å². The van der Waals surface area contributed by atoms with Gasteiger partial charge in [0.05, 0.1) is 11.4 Å². The molecule has 0 saturated heterocycles. The first-order valence-corrected chi connectivity index (χ1v) is 7.60. The first-order valence-electron chi connectivity index (χ1n) is 6.01. The summed E-state index contributed by atoms with van der Waals surface area (Å²) >= 11 is 6.76. The lowest BCUT2D eigenvalue weighted by atomic mass is 10.0. The fourth-order valence-corrected chi connectivity index (χ4v) is 3.24. The van der Waals surface area contributed by atoms with E-state index in [2.05, 4.69) is 37.2 Å². The molecular formula is C15H14Br2N2O. The number of benzene rings is 2. The van der Waals surface area contributed by atoms with E-state index in [0.29, 0.717) is 16.9 Å². The van der Waals surface area contributed by atoms with Gasteiger partial charge in [-0.1, -0.05) is 33.6 Å². The third kappa shape index (κ3) is 3.22. The molecule has 0 heterocycles. The van der Waals surface area contributed by atoms with E-state index in [4.69, 9.17) is 5.73 Å². The van der Waals surface area contributed by atoms with Crippen molar-refractivity contribution in [1.82, 2.24) is 0 Å². The molecule has 1 amide bonds. The van der Waals surface area contributed by atoms with Gasteiger partial charge >= 0.3 is 0 Å². The van der Waals surface area contributed by atoms with E-state index in [9.17, 15) is 4.79 Å². The predicted molar refractivity (Wildman–Crippen MR) is 90.1 cm³/mol. The number of nitrogens with two attached hydrogens (primary N) is 1. The van der Waals surface area contributed by atoms with Crippen LogP contribution in [0.2, 0.25) is 0 Å². The molecule has 0 aliphatic rings. The average molecular weight is 398 g/mol. The number of carbonyl (C=O) groups excluding carboxylic acids is 1. The van der Waals surface area contributed by atoms with Crippen LogP contribution in [0.15, 0.2) is 39.3 Å². The highest BCUT2D eigenvalue weighted by Gasteiger charge is 2.13. The Labute approximate surface area is 134 Å². The van der Waals surface area contributed by atoms with E-state index in [1.165, 1.54) is 0 Å². The summed E-state index contributed by atoms with van der Waals surface area (Å²) in [5.74, 6) is -0.166. The second kappa shape index (κ2) is 5.97. The molecule has 0 aromatic heterocycles. The van der Waals surface area contributed by atoms with E-state index in [-0.39, 0.29) is 5.91 Å². The second-order valence-corrected chi connectivity index (χ2v) is 6.39. The molecule has 0 bridgehead atoms. The maximum Gasteiger partial charge on any atom is 0.256 e. The maximum absolute atomic E-state index is 12.4. The molecule has 0 radical (unpaired) electrons. The largest absolute Gasteiger partial charge is 0.397 e. The zero-order valence-electron chi connectivity index (χ0n) is 11.1. The van der Waals surface area contributed by atoms with Crippen molar-refractivity contribution < 1.29 is 4.79 Å². The summed E-state index contributed by atoms with van der Waals surface area (Å²) in [5.41, 5.74) is 9.66. The van der Waals surface area contributed by atoms with Gasteiger partial charge in [0.15, 0.2) is 0 Å². The highest BCUT2D eigenvalue weighted by molar-refractivity contribution is 9.11. The Morgan fingerprint density at radius 3 is 2.50 bits per heavy atom. The lowest BCUT2D eigenvalue weighted by molar-refractivity contribution is 0.102. The van der Waals surface area contributed by atoms with Gasteiger partial charge in [0, 0.05) is 14.5 Å². The van der Waals surface area contributed by atoms with Gasteiger partial charge in [-0.25, -0.2) is 0 Å². The third-order valence-corrected chi connectivity index (χ3v) is 4.04. The Bertz CT molecular complexity index is 661. The predicted octanol–water partition coefficient (Wildman–Crippen LogP) is 4.66. The Kier molecular flexibility index (Phi) is 4.50. The molecule has 3 N–H and O–H groups in total. The minimum atomic E-state index is -0.166. The first kappa shape index (κ1) is 15.1.